The number of carbonyl (C=O) groups excluding carboxylic acids is 2. The van der Waals surface area contributed by atoms with Gasteiger partial charge in [0.05, 0.1) is 12.2 Å². The Morgan fingerprint density at radius 2 is 1.74 bits per heavy atom. The fourth-order valence-corrected chi connectivity index (χ4v) is 2.04. The number of hydrogen-bond donors (Lipinski definition) is 2. The van der Waals surface area contributed by atoms with Crippen molar-refractivity contribution in [2.24, 2.45) is 0 Å². The highest BCUT2D eigenvalue weighted by Gasteiger charge is 2.64. The number of amides is 1. The van der Waals surface area contributed by atoms with Crippen LogP contribution >= 0.6 is 0 Å². The number of alkyl halides is 3. The first kappa shape index (κ1) is 20.1. The van der Waals surface area contributed by atoms with Gasteiger partial charge >= 0.3 is 17.8 Å². The minimum Gasteiger partial charge on any atom is -0.463 e. The predicted molar refractivity (Wildman–Crippen MR) is 84.9 cm³/mol. The van der Waals surface area contributed by atoms with Gasteiger partial charge in [-0.2, -0.15) is 13.2 Å². The van der Waals surface area contributed by atoms with E-state index in [0.29, 0.717) is 0 Å². The van der Waals surface area contributed by atoms with Crippen molar-refractivity contribution in [2.45, 2.75) is 18.8 Å². The Bertz CT molecular complexity index is 817. The van der Waals surface area contributed by atoms with Gasteiger partial charge in [-0.15, -0.1) is 0 Å². The van der Waals surface area contributed by atoms with Crippen LogP contribution in [0.3, 0.4) is 0 Å². The van der Waals surface area contributed by atoms with Gasteiger partial charge in [0.2, 0.25) is 5.95 Å². The molecule has 2 N–H and O–H groups in total. The fraction of sp³-hybridized carbons (Fsp3) is 0.250. The molecule has 0 saturated carbocycles. The molecule has 1 aromatic carbocycles. The smallest absolute Gasteiger partial charge is 0.442 e. The summed E-state index contributed by atoms with van der Waals surface area (Å²) in [5.41, 5.74) is -4.42. The van der Waals surface area contributed by atoms with Crippen LogP contribution in [-0.4, -0.2) is 40.3 Å². The molecule has 0 aliphatic rings. The molecular weight excluding hydrogens is 372 g/mol. The number of benzene rings is 1. The summed E-state index contributed by atoms with van der Waals surface area (Å²) in [4.78, 5) is 31.6. The van der Waals surface area contributed by atoms with Gasteiger partial charge in [-0.1, -0.05) is 12.1 Å². The van der Waals surface area contributed by atoms with Crippen molar-refractivity contribution >= 4 is 17.8 Å². The molecule has 144 valence electrons. The minimum atomic E-state index is -5.38. The number of ether oxygens (including phenoxy) is 1. The van der Waals surface area contributed by atoms with E-state index in [-0.39, 0.29) is 0 Å². The van der Waals surface area contributed by atoms with E-state index in [1.54, 1.807) is 5.32 Å². The number of hydrogen-bond acceptors (Lipinski definition) is 6. The van der Waals surface area contributed by atoms with Gasteiger partial charge in [-0.25, -0.2) is 19.2 Å². The molecule has 27 heavy (non-hydrogen) atoms. The normalized spacial score (nSPS) is 13.4. The molecule has 0 aliphatic heterocycles. The maximum atomic E-state index is 13.9. The molecule has 0 fully saturated rings. The van der Waals surface area contributed by atoms with Crippen molar-refractivity contribution in [1.29, 1.82) is 0 Å². The second-order valence-electron chi connectivity index (χ2n) is 5.10. The molecule has 1 unspecified atom stereocenters. The van der Waals surface area contributed by atoms with Gasteiger partial charge in [-0.3, -0.25) is 4.79 Å². The molecule has 2 rings (SSSR count). The number of anilines is 1. The van der Waals surface area contributed by atoms with Crippen molar-refractivity contribution in [3.05, 3.63) is 54.1 Å². The monoisotopic (exact) mass is 386 g/mol. The van der Waals surface area contributed by atoms with Crippen molar-refractivity contribution < 1.29 is 31.9 Å². The maximum Gasteiger partial charge on any atom is 0.442 e. The fourth-order valence-electron chi connectivity index (χ4n) is 2.04. The number of aromatic nitrogens is 2. The molecule has 0 radical (unpaired) electrons. The first-order valence-electron chi connectivity index (χ1n) is 7.57. The van der Waals surface area contributed by atoms with Gasteiger partial charge in [0.1, 0.15) is 5.82 Å². The average molecular weight is 386 g/mol. The minimum absolute atomic E-state index is 0.399. The Morgan fingerprint density at radius 3 is 2.30 bits per heavy atom. The van der Waals surface area contributed by atoms with E-state index in [9.17, 15) is 27.2 Å². The third kappa shape index (κ3) is 4.30. The van der Waals surface area contributed by atoms with Crippen molar-refractivity contribution in [3.8, 4) is 0 Å². The summed E-state index contributed by atoms with van der Waals surface area (Å²) < 4.78 is 59.9. The first-order valence-corrected chi connectivity index (χ1v) is 7.57. The lowest BCUT2D eigenvalue weighted by Gasteiger charge is -2.34. The lowest BCUT2D eigenvalue weighted by atomic mass is 10.1. The number of carbonyl (C=O) groups is 2. The van der Waals surface area contributed by atoms with Gasteiger partial charge < -0.3 is 15.4 Å². The number of halogens is 4. The topological polar surface area (TPSA) is 93.2 Å². The molecule has 0 saturated heterocycles. The van der Waals surface area contributed by atoms with Crippen LogP contribution in [0.4, 0.5) is 23.5 Å². The number of nitrogens with one attached hydrogen (secondary N) is 2. The SMILES string of the molecule is CCOC(=O)C(NC(=O)c1ccccc1F)(Nc1ncccn1)C(F)(F)F. The highest BCUT2D eigenvalue weighted by molar-refractivity contribution is 5.99. The summed E-state index contributed by atoms with van der Waals surface area (Å²) >= 11 is 0. The molecule has 0 aliphatic carbocycles. The van der Waals surface area contributed by atoms with Crippen LogP contribution < -0.4 is 10.6 Å². The number of nitrogens with zero attached hydrogens (tertiary/aromatic N) is 2. The molecule has 1 heterocycles. The van der Waals surface area contributed by atoms with Crippen molar-refractivity contribution in [2.75, 3.05) is 11.9 Å². The second-order valence-corrected chi connectivity index (χ2v) is 5.10. The van der Waals surface area contributed by atoms with Crippen LogP contribution in [0.1, 0.15) is 17.3 Å². The van der Waals surface area contributed by atoms with Crippen LogP contribution in [-0.2, 0) is 9.53 Å². The molecule has 2 aromatic rings. The summed E-state index contributed by atoms with van der Waals surface area (Å²) in [5.74, 6) is -5.00. The molecular formula is C16H14F4N4O3. The van der Waals surface area contributed by atoms with Crippen LogP contribution in [0, 0.1) is 5.82 Å². The summed E-state index contributed by atoms with van der Waals surface area (Å²) in [5, 5.41) is 3.25. The predicted octanol–water partition coefficient (Wildman–Crippen LogP) is 2.28. The van der Waals surface area contributed by atoms with Crippen molar-refractivity contribution in [3.63, 3.8) is 0 Å². The summed E-state index contributed by atoms with van der Waals surface area (Å²) in [6, 6.07) is 5.71. The lowest BCUT2D eigenvalue weighted by molar-refractivity contribution is -0.204. The summed E-state index contributed by atoms with van der Waals surface area (Å²) in [6.07, 6.45) is -3.13. The Balaban J connectivity index is 2.51. The standard InChI is InChI=1S/C16H14F4N4O3/c1-2-27-13(26)15(16(18,19)20,24-14-21-8-5-9-22-14)23-12(25)10-6-3-4-7-11(10)17/h3-9H,2H2,1H3,(H,23,25)(H,21,22,24). The molecule has 0 spiro atoms. The van der Waals surface area contributed by atoms with Gasteiger partial charge in [0.15, 0.2) is 0 Å². The van der Waals surface area contributed by atoms with Crippen LogP contribution in [0.2, 0.25) is 0 Å². The number of esters is 1. The quantitative estimate of drug-likeness (QED) is 0.450. The highest BCUT2D eigenvalue weighted by atomic mass is 19.4. The Hall–Kier alpha value is -3.24. The average Bonchev–Trinajstić information content (AvgIpc) is 2.61. The maximum absolute atomic E-state index is 13.9. The van der Waals surface area contributed by atoms with E-state index in [1.807, 2.05) is 0 Å². The Morgan fingerprint density at radius 1 is 1.11 bits per heavy atom. The third-order valence-electron chi connectivity index (χ3n) is 3.29. The molecule has 1 atom stereocenters. The largest absolute Gasteiger partial charge is 0.463 e. The molecule has 1 amide bonds. The molecule has 0 bridgehead atoms. The summed E-state index contributed by atoms with van der Waals surface area (Å²) in [7, 11) is 0. The molecule has 1 aromatic heterocycles. The van der Waals surface area contributed by atoms with Gasteiger partial charge in [0, 0.05) is 12.4 Å². The van der Waals surface area contributed by atoms with E-state index in [1.165, 1.54) is 30.4 Å². The van der Waals surface area contributed by atoms with Crippen LogP contribution in [0.15, 0.2) is 42.7 Å². The molecule has 7 nitrogen and oxygen atoms in total. The van der Waals surface area contributed by atoms with E-state index in [2.05, 4.69) is 14.7 Å². The highest BCUT2D eigenvalue weighted by Crippen LogP contribution is 2.32. The summed E-state index contributed by atoms with van der Waals surface area (Å²) in [6.45, 7) is 0.889. The van der Waals surface area contributed by atoms with Gasteiger partial charge in [-0.05, 0) is 25.1 Å². The second kappa shape index (κ2) is 7.98. The van der Waals surface area contributed by atoms with E-state index in [4.69, 9.17) is 0 Å². The third-order valence-corrected chi connectivity index (χ3v) is 3.29. The van der Waals surface area contributed by atoms with Crippen LogP contribution in [0.5, 0.6) is 0 Å². The van der Waals surface area contributed by atoms with Crippen LogP contribution in [0.25, 0.3) is 0 Å². The van der Waals surface area contributed by atoms with E-state index in [0.717, 1.165) is 24.5 Å². The van der Waals surface area contributed by atoms with E-state index >= 15 is 0 Å². The first-order chi connectivity index (χ1) is 12.7. The van der Waals surface area contributed by atoms with Gasteiger partial charge in [0.25, 0.3) is 5.91 Å². The number of rotatable bonds is 6. The van der Waals surface area contributed by atoms with Crippen molar-refractivity contribution in [1.82, 2.24) is 15.3 Å². The lowest BCUT2D eigenvalue weighted by Crippen LogP contribution is -2.69. The Kier molecular flexibility index (Phi) is 5.93. The zero-order valence-electron chi connectivity index (χ0n) is 13.9. The zero-order valence-corrected chi connectivity index (χ0v) is 13.9. The van der Waals surface area contributed by atoms with E-state index < -0.39 is 47.7 Å². The zero-order chi connectivity index (χ0) is 20.1. The Labute approximate surface area is 150 Å². The molecule has 11 heteroatoms.